The highest BCUT2D eigenvalue weighted by molar-refractivity contribution is 5.36. The fraction of sp³-hybridized carbons (Fsp3) is 0.684. The zero-order valence-electron chi connectivity index (χ0n) is 13.9. The molecular formula is C19H31NO. The van der Waals surface area contributed by atoms with Gasteiger partial charge in [0.2, 0.25) is 0 Å². The van der Waals surface area contributed by atoms with E-state index >= 15 is 0 Å². The van der Waals surface area contributed by atoms with E-state index < -0.39 is 0 Å². The predicted molar refractivity (Wildman–Crippen MR) is 90.1 cm³/mol. The Balaban J connectivity index is 2.14. The van der Waals surface area contributed by atoms with Crippen molar-refractivity contribution in [2.24, 2.45) is 0 Å². The molecule has 0 saturated heterocycles. The summed E-state index contributed by atoms with van der Waals surface area (Å²) < 4.78 is 6.49. The molecule has 0 amide bonds. The van der Waals surface area contributed by atoms with E-state index in [1.807, 2.05) is 0 Å². The zero-order valence-corrected chi connectivity index (χ0v) is 13.9. The van der Waals surface area contributed by atoms with Crippen LogP contribution >= 0.6 is 0 Å². The molecule has 1 N–H and O–H groups in total. The second kappa shape index (κ2) is 8.43. The van der Waals surface area contributed by atoms with Crippen LogP contribution in [-0.2, 0) is 0 Å². The quantitative estimate of drug-likeness (QED) is 0.833. The summed E-state index contributed by atoms with van der Waals surface area (Å²) in [5.41, 5.74) is 1.36. The second-order valence-corrected chi connectivity index (χ2v) is 6.39. The lowest BCUT2D eigenvalue weighted by atomic mass is 9.93. The number of ether oxygens (including phenoxy) is 1. The molecule has 1 saturated carbocycles. The first-order valence-corrected chi connectivity index (χ1v) is 8.69. The van der Waals surface area contributed by atoms with Gasteiger partial charge in [-0.1, -0.05) is 51.3 Å². The molecule has 0 heterocycles. The molecule has 0 spiro atoms. The van der Waals surface area contributed by atoms with Gasteiger partial charge in [0, 0.05) is 6.04 Å². The van der Waals surface area contributed by atoms with Gasteiger partial charge in [-0.25, -0.2) is 0 Å². The topological polar surface area (TPSA) is 21.3 Å². The first-order valence-electron chi connectivity index (χ1n) is 8.69. The SMILES string of the molecule is CCC(C)c1ccccc1OC1CCCCCCC1NC. The first-order chi connectivity index (χ1) is 10.3. The lowest BCUT2D eigenvalue weighted by molar-refractivity contribution is 0.129. The molecule has 3 unspecified atom stereocenters. The molecule has 0 aliphatic heterocycles. The molecule has 2 heteroatoms. The van der Waals surface area contributed by atoms with Crippen molar-refractivity contribution in [3.63, 3.8) is 0 Å². The third-order valence-corrected chi connectivity index (χ3v) is 4.91. The van der Waals surface area contributed by atoms with Crippen LogP contribution in [0.1, 0.15) is 70.3 Å². The molecule has 1 aliphatic carbocycles. The predicted octanol–water partition coefficient (Wildman–Crippen LogP) is 4.89. The minimum atomic E-state index is 0.306. The van der Waals surface area contributed by atoms with Crippen LogP contribution in [-0.4, -0.2) is 19.2 Å². The van der Waals surface area contributed by atoms with Crippen LogP contribution in [0.2, 0.25) is 0 Å². The number of nitrogens with one attached hydrogen (secondary N) is 1. The van der Waals surface area contributed by atoms with Gasteiger partial charge in [0.25, 0.3) is 0 Å². The molecule has 1 aromatic rings. The minimum Gasteiger partial charge on any atom is -0.489 e. The molecule has 1 aromatic carbocycles. The summed E-state index contributed by atoms with van der Waals surface area (Å²) in [5, 5.41) is 3.48. The average Bonchev–Trinajstić information content (AvgIpc) is 2.50. The summed E-state index contributed by atoms with van der Waals surface area (Å²) in [7, 11) is 2.07. The van der Waals surface area contributed by atoms with Crippen molar-refractivity contribution in [3.05, 3.63) is 29.8 Å². The standard InChI is InChI=1S/C19H31NO/c1-4-15(2)16-11-9-10-13-18(16)21-19-14-8-6-5-7-12-17(19)20-3/h9-11,13,15,17,19-20H,4-8,12,14H2,1-3H3. The van der Waals surface area contributed by atoms with Gasteiger partial charge in [0.15, 0.2) is 0 Å². The Hall–Kier alpha value is -1.02. The van der Waals surface area contributed by atoms with Crippen LogP contribution in [0.5, 0.6) is 5.75 Å². The van der Waals surface area contributed by atoms with Gasteiger partial charge in [-0.3, -0.25) is 0 Å². The van der Waals surface area contributed by atoms with Crippen LogP contribution in [0.25, 0.3) is 0 Å². The Morgan fingerprint density at radius 3 is 2.57 bits per heavy atom. The van der Waals surface area contributed by atoms with E-state index in [0.717, 1.165) is 12.2 Å². The Labute approximate surface area is 130 Å². The molecule has 118 valence electrons. The van der Waals surface area contributed by atoms with E-state index in [2.05, 4.69) is 50.5 Å². The van der Waals surface area contributed by atoms with Gasteiger partial charge in [-0.05, 0) is 50.3 Å². The number of hydrogen-bond donors (Lipinski definition) is 1. The Morgan fingerprint density at radius 1 is 1.14 bits per heavy atom. The lowest BCUT2D eigenvalue weighted by Gasteiger charge is -2.31. The van der Waals surface area contributed by atoms with Gasteiger partial charge in [0.1, 0.15) is 11.9 Å². The van der Waals surface area contributed by atoms with E-state index in [0.29, 0.717) is 18.1 Å². The van der Waals surface area contributed by atoms with Crippen LogP contribution < -0.4 is 10.1 Å². The maximum atomic E-state index is 6.49. The van der Waals surface area contributed by atoms with Gasteiger partial charge >= 0.3 is 0 Å². The Bertz CT molecular complexity index is 418. The molecule has 0 bridgehead atoms. The van der Waals surface area contributed by atoms with E-state index in [4.69, 9.17) is 4.74 Å². The van der Waals surface area contributed by atoms with Crippen molar-refractivity contribution in [1.29, 1.82) is 0 Å². The lowest BCUT2D eigenvalue weighted by Crippen LogP contribution is -2.42. The fourth-order valence-corrected chi connectivity index (χ4v) is 3.30. The summed E-state index contributed by atoms with van der Waals surface area (Å²) in [6.45, 7) is 4.53. The summed E-state index contributed by atoms with van der Waals surface area (Å²) in [4.78, 5) is 0. The number of benzene rings is 1. The maximum absolute atomic E-state index is 6.49. The Morgan fingerprint density at radius 2 is 1.86 bits per heavy atom. The van der Waals surface area contributed by atoms with Gasteiger partial charge in [-0.2, -0.15) is 0 Å². The van der Waals surface area contributed by atoms with Crippen LogP contribution in [0.4, 0.5) is 0 Å². The molecular weight excluding hydrogens is 258 g/mol. The molecule has 0 radical (unpaired) electrons. The summed E-state index contributed by atoms with van der Waals surface area (Å²) in [5.74, 6) is 1.65. The van der Waals surface area contributed by atoms with Crippen molar-refractivity contribution in [3.8, 4) is 5.75 Å². The van der Waals surface area contributed by atoms with Crippen LogP contribution in [0, 0.1) is 0 Å². The van der Waals surface area contributed by atoms with Gasteiger partial charge in [0.05, 0.1) is 0 Å². The summed E-state index contributed by atoms with van der Waals surface area (Å²) in [6.07, 6.45) is 9.18. The van der Waals surface area contributed by atoms with E-state index in [1.54, 1.807) is 0 Å². The van der Waals surface area contributed by atoms with Crippen molar-refractivity contribution < 1.29 is 4.74 Å². The highest BCUT2D eigenvalue weighted by Crippen LogP contribution is 2.31. The third-order valence-electron chi connectivity index (χ3n) is 4.91. The highest BCUT2D eigenvalue weighted by Gasteiger charge is 2.24. The largest absolute Gasteiger partial charge is 0.489 e. The monoisotopic (exact) mass is 289 g/mol. The Kier molecular flexibility index (Phi) is 6.56. The molecule has 1 aliphatic rings. The van der Waals surface area contributed by atoms with E-state index in [9.17, 15) is 0 Å². The molecule has 3 atom stereocenters. The van der Waals surface area contributed by atoms with Gasteiger partial charge in [-0.15, -0.1) is 0 Å². The van der Waals surface area contributed by atoms with Crippen molar-refractivity contribution >= 4 is 0 Å². The van der Waals surface area contributed by atoms with Crippen molar-refractivity contribution in [2.45, 2.75) is 76.9 Å². The normalized spacial score (nSPS) is 24.9. The molecule has 21 heavy (non-hydrogen) atoms. The minimum absolute atomic E-state index is 0.306. The summed E-state index contributed by atoms with van der Waals surface area (Å²) >= 11 is 0. The molecule has 2 rings (SSSR count). The fourth-order valence-electron chi connectivity index (χ4n) is 3.30. The van der Waals surface area contributed by atoms with Crippen LogP contribution in [0.15, 0.2) is 24.3 Å². The molecule has 1 fully saturated rings. The van der Waals surface area contributed by atoms with E-state index in [-0.39, 0.29) is 0 Å². The number of rotatable bonds is 5. The third kappa shape index (κ3) is 4.47. The zero-order chi connectivity index (χ0) is 15.1. The number of hydrogen-bond acceptors (Lipinski definition) is 2. The van der Waals surface area contributed by atoms with Crippen molar-refractivity contribution in [2.75, 3.05) is 7.05 Å². The summed E-state index contributed by atoms with van der Waals surface area (Å²) in [6, 6.07) is 9.07. The van der Waals surface area contributed by atoms with E-state index in [1.165, 1.54) is 44.1 Å². The smallest absolute Gasteiger partial charge is 0.123 e. The number of likely N-dealkylation sites (N-methyl/N-ethyl adjacent to an activating group) is 1. The maximum Gasteiger partial charge on any atom is 0.123 e. The molecule has 2 nitrogen and oxygen atoms in total. The van der Waals surface area contributed by atoms with Gasteiger partial charge < -0.3 is 10.1 Å². The first kappa shape index (κ1) is 16.4. The number of para-hydroxylation sites is 1. The molecule has 0 aromatic heterocycles. The average molecular weight is 289 g/mol. The highest BCUT2D eigenvalue weighted by atomic mass is 16.5. The van der Waals surface area contributed by atoms with Crippen LogP contribution in [0.3, 0.4) is 0 Å². The second-order valence-electron chi connectivity index (χ2n) is 6.39. The van der Waals surface area contributed by atoms with Crippen molar-refractivity contribution in [1.82, 2.24) is 5.32 Å².